The van der Waals surface area contributed by atoms with E-state index in [1.807, 2.05) is 31.2 Å². The highest BCUT2D eigenvalue weighted by molar-refractivity contribution is 7.09. The van der Waals surface area contributed by atoms with Gasteiger partial charge in [0.15, 0.2) is 0 Å². The largest absolute Gasteiger partial charge is 0.497 e. The lowest BCUT2D eigenvalue weighted by Crippen LogP contribution is -2.26. The second-order valence-corrected chi connectivity index (χ2v) is 5.58. The molecule has 0 bridgehead atoms. The van der Waals surface area contributed by atoms with E-state index in [0.29, 0.717) is 18.7 Å². The summed E-state index contributed by atoms with van der Waals surface area (Å²) in [7, 11) is 1.63. The van der Waals surface area contributed by atoms with Crippen molar-refractivity contribution in [2.24, 2.45) is 5.73 Å². The molecule has 0 aliphatic carbocycles. The molecule has 0 unspecified atom stereocenters. The number of nitrogens with zero attached hydrogens (tertiary/aromatic N) is 1. The standard InChI is InChI=1S/C15H19N3O2S/c1-10(11-3-5-12(20-2)6-4-11)17-15(19)13-9-21-14(18-13)7-8-16/h3-6,9-10H,7-8,16H2,1-2H3,(H,17,19)/t10-/m0/s1. The first-order valence-electron chi connectivity index (χ1n) is 6.73. The van der Waals surface area contributed by atoms with E-state index in [1.165, 1.54) is 11.3 Å². The Bertz CT molecular complexity index is 595. The van der Waals surface area contributed by atoms with Crippen LogP contribution in [0.15, 0.2) is 29.6 Å². The van der Waals surface area contributed by atoms with E-state index in [-0.39, 0.29) is 11.9 Å². The monoisotopic (exact) mass is 305 g/mol. The summed E-state index contributed by atoms with van der Waals surface area (Å²) in [4.78, 5) is 16.4. The van der Waals surface area contributed by atoms with Gasteiger partial charge in [0, 0.05) is 11.8 Å². The second kappa shape index (κ2) is 7.19. The molecule has 112 valence electrons. The number of carbonyl (C=O) groups excluding carboxylic acids is 1. The number of nitrogens with one attached hydrogen (secondary N) is 1. The summed E-state index contributed by atoms with van der Waals surface area (Å²) >= 11 is 1.46. The molecular formula is C15H19N3O2S. The first-order chi connectivity index (χ1) is 10.1. The van der Waals surface area contributed by atoms with E-state index in [0.717, 1.165) is 16.3 Å². The van der Waals surface area contributed by atoms with Gasteiger partial charge in [-0.25, -0.2) is 4.98 Å². The maximum absolute atomic E-state index is 12.1. The number of methoxy groups -OCH3 is 1. The summed E-state index contributed by atoms with van der Waals surface area (Å²) in [5.41, 5.74) is 6.95. The zero-order valence-electron chi connectivity index (χ0n) is 12.1. The number of amides is 1. The van der Waals surface area contributed by atoms with Gasteiger partial charge in [-0.1, -0.05) is 12.1 Å². The van der Waals surface area contributed by atoms with Gasteiger partial charge in [-0.05, 0) is 31.2 Å². The normalized spacial score (nSPS) is 12.0. The molecule has 1 atom stereocenters. The molecule has 1 aromatic heterocycles. The van der Waals surface area contributed by atoms with E-state index in [9.17, 15) is 4.79 Å². The van der Waals surface area contributed by atoms with Crippen LogP contribution in [0.1, 0.15) is 34.0 Å². The van der Waals surface area contributed by atoms with Crippen molar-refractivity contribution in [1.82, 2.24) is 10.3 Å². The molecule has 0 fully saturated rings. The van der Waals surface area contributed by atoms with Crippen molar-refractivity contribution in [1.29, 1.82) is 0 Å². The molecular weight excluding hydrogens is 286 g/mol. The molecule has 2 rings (SSSR count). The molecule has 0 radical (unpaired) electrons. The summed E-state index contributed by atoms with van der Waals surface area (Å²) in [6.07, 6.45) is 0.700. The van der Waals surface area contributed by atoms with E-state index < -0.39 is 0 Å². The number of hydrogen-bond donors (Lipinski definition) is 2. The van der Waals surface area contributed by atoms with Crippen LogP contribution in [-0.4, -0.2) is 24.5 Å². The smallest absolute Gasteiger partial charge is 0.271 e. The molecule has 5 nitrogen and oxygen atoms in total. The van der Waals surface area contributed by atoms with Crippen LogP contribution in [0, 0.1) is 0 Å². The SMILES string of the molecule is COc1ccc([C@H](C)NC(=O)c2csc(CCN)n2)cc1. The Labute approximate surface area is 128 Å². The maximum atomic E-state index is 12.1. The van der Waals surface area contributed by atoms with E-state index in [4.69, 9.17) is 10.5 Å². The molecule has 0 saturated heterocycles. The topological polar surface area (TPSA) is 77.2 Å². The fourth-order valence-corrected chi connectivity index (χ4v) is 2.69. The average molecular weight is 305 g/mol. The summed E-state index contributed by atoms with van der Waals surface area (Å²) in [5.74, 6) is 0.626. The van der Waals surface area contributed by atoms with Crippen LogP contribution < -0.4 is 15.8 Å². The number of hydrogen-bond acceptors (Lipinski definition) is 5. The second-order valence-electron chi connectivity index (χ2n) is 4.63. The van der Waals surface area contributed by atoms with Crippen LogP contribution in [-0.2, 0) is 6.42 Å². The van der Waals surface area contributed by atoms with Gasteiger partial charge in [0.05, 0.1) is 18.2 Å². The Balaban J connectivity index is 1.99. The zero-order valence-corrected chi connectivity index (χ0v) is 12.9. The number of aromatic nitrogens is 1. The summed E-state index contributed by atoms with van der Waals surface area (Å²) in [6, 6.07) is 7.53. The van der Waals surface area contributed by atoms with Gasteiger partial charge in [-0.15, -0.1) is 11.3 Å². The van der Waals surface area contributed by atoms with Crippen molar-refractivity contribution in [3.05, 3.63) is 45.9 Å². The van der Waals surface area contributed by atoms with Crippen LogP contribution in [0.25, 0.3) is 0 Å². The van der Waals surface area contributed by atoms with Crippen LogP contribution in [0.2, 0.25) is 0 Å². The highest BCUT2D eigenvalue weighted by Gasteiger charge is 2.14. The van der Waals surface area contributed by atoms with Gasteiger partial charge < -0.3 is 15.8 Å². The molecule has 2 aromatic rings. The summed E-state index contributed by atoms with van der Waals surface area (Å²) in [6.45, 7) is 2.48. The lowest BCUT2D eigenvalue weighted by molar-refractivity contribution is 0.0935. The molecule has 21 heavy (non-hydrogen) atoms. The predicted octanol–water partition coefficient (Wildman–Crippen LogP) is 2.14. The Kier molecular flexibility index (Phi) is 5.30. The predicted molar refractivity (Wildman–Crippen MR) is 83.7 cm³/mol. The van der Waals surface area contributed by atoms with Crippen molar-refractivity contribution in [2.75, 3.05) is 13.7 Å². The fraction of sp³-hybridized carbons (Fsp3) is 0.333. The third-order valence-electron chi connectivity index (χ3n) is 3.11. The Morgan fingerprint density at radius 2 is 2.14 bits per heavy atom. The van der Waals surface area contributed by atoms with Gasteiger partial charge in [-0.3, -0.25) is 4.79 Å². The average Bonchev–Trinajstić information content (AvgIpc) is 2.96. The van der Waals surface area contributed by atoms with Crippen LogP contribution in [0.5, 0.6) is 5.75 Å². The molecule has 1 heterocycles. The highest BCUT2D eigenvalue weighted by Crippen LogP contribution is 2.18. The van der Waals surface area contributed by atoms with Crippen LogP contribution in [0.4, 0.5) is 0 Å². The van der Waals surface area contributed by atoms with Crippen molar-refractivity contribution in [2.45, 2.75) is 19.4 Å². The molecule has 1 aromatic carbocycles. The Hall–Kier alpha value is -1.92. The number of thiazole rings is 1. The number of rotatable bonds is 6. The minimum atomic E-state index is -0.169. The molecule has 3 N–H and O–H groups in total. The quantitative estimate of drug-likeness (QED) is 0.857. The van der Waals surface area contributed by atoms with Crippen LogP contribution in [0.3, 0.4) is 0 Å². The molecule has 0 aliphatic heterocycles. The van der Waals surface area contributed by atoms with Crippen molar-refractivity contribution < 1.29 is 9.53 Å². The van der Waals surface area contributed by atoms with E-state index >= 15 is 0 Å². The molecule has 1 amide bonds. The maximum Gasteiger partial charge on any atom is 0.271 e. The highest BCUT2D eigenvalue weighted by atomic mass is 32.1. The third-order valence-corrected chi connectivity index (χ3v) is 4.01. The number of carbonyl (C=O) groups is 1. The lowest BCUT2D eigenvalue weighted by Gasteiger charge is -2.13. The molecule has 0 aliphatic rings. The minimum absolute atomic E-state index is 0.0944. The number of nitrogens with two attached hydrogens (primary N) is 1. The van der Waals surface area contributed by atoms with Crippen molar-refractivity contribution in [3.8, 4) is 5.75 Å². The first-order valence-corrected chi connectivity index (χ1v) is 7.61. The van der Waals surface area contributed by atoms with Crippen LogP contribution >= 0.6 is 11.3 Å². The molecule has 6 heteroatoms. The van der Waals surface area contributed by atoms with Gasteiger partial charge in [0.2, 0.25) is 0 Å². The summed E-state index contributed by atoms with van der Waals surface area (Å²) in [5, 5.41) is 5.59. The number of benzene rings is 1. The van der Waals surface area contributed by atoms with E-state index in [2.05, 4.69) is 10.3 Å². The minimum Gasteiger partial charge on any atom is -0.497 e. The van der Waals surface area contributed by atoms with Gasteiger partial charge in [-0.2, -0.15) is 0 Å². The number of ether oxygens (including phenoxy) is 1. The Morgan fingerprint density at radius 1 is 1.43 bits per heavy atom. The summed E-state index contributed by atoms with van der Waals surface area (Å²) < 4.78 is 5.12. The molecule has 0 saturated carbocycles. The third kappa shape index (κ3) is 4.03. The zero-order chi connectivity index (χ0) is 15.2. The van der Waals surface area contributed by atoms with Gasteiger partial charge >= 0.3 is 0 Å². The lowest BCUT2D eigenvalue weighted by atomic mass is 10.1. The van der Waals surface area contributed by atoms with Gasteiger partial charge in [0.1, 0.15) is 11.4 Å². The first kappa shape index (κ1) is 15.5. The van der Waals surface area contributed by atoms with E-state index in [1.54, 1.807) is 12.5 Å². The molecule has 0 spiro atoms. The Morgan fingerprint density at radius 3 is 2.76 bits per heavy atom. The van der Waals surface area contributed by atoms with Gasteiger partial charge in [0.25, 0.3) is 5.91 Å². The van der Waals surface area contributed by atoms with Crippen molar-refractivity contribution >= 4 is 17.2 Å². The fourth-order valence-electron chi connectivity index (χ4n) is 1.90. The van der Waals surface area contributed by atoms with Crippen molar-refractivity contribution in [3.63, 3.8) is 0 Å².